The van der Waals surface area contributed by atoms with E-state index < -0.39 is 5.41 Å². The van der Waals surface area contributed by atoms with Crippen LogP contribution in [0.4, 0.5) is 17.1 Å². The van der Waals surface area contributed by atoms with Gasteiger partial charge in [-0.15, -0.1) is 0 Å². The van der Waals surface area contributed by atoms with Crippen LogP contribution in [-0.4, -0.2) is 0 Å². The van der Waals surface area contributed by atoms with Crippen LogP contribution in [0.1, 0.15) is 22.3 Å². The summed E-state index contributed by atoms with van der Waals surface area (Å²) < 4.78 is 0. The molecule has 64 heavy (non-hydrogen) atoms. The van der Waals surface area contributed by atoms with E-state index >= 15 is 0 Å². The molecule has 11 aromatic rings. The highest BCUT2D eigenvalue weighted by molar-refractivity contribution is 6.27. The van der Waals surface area contributed by atoms with Crippen LogP contribution in [0.2, 0.25) is 0 Å². The zero-order chi connectivity index (χ0) is 41.9. The Hall–Kier alpha value is -8.26. The highest BCUT2D eigenvalue weighted by Gasteiger charge is 2.51. The average molecular weight is 810 g/mol. The van der Waals surface area contributed by atoms with Crippen LogP contribution in [0, 0.1) is 0 Å². The first-order valence-corrected chi connectivity index (χ1v) is 22.3. The van der Waals surface area contributed by atoms with E-state index in [1.54, 1.807) is 0 Å². The summed E-state index contributed by atoms with van der Waals surface area (Å²) in [5.41, 5.74) is 23.7. The lowest BCUT2D eigenvalue weighted by atomic mass is 9.70. The molecule has 296 valence electrons. The first-order chi connectivity index (χ1) is 31.8. The molecule has 1 nitrogen and oxygen atoms in total. The first-order valence-electron chi connectivity index (χ1n) is 22.3. The van der Waals surface area contributed by atoms with Crippen molar-refractivity contribution < 1.29 is 0 Å². The second-order valence-corrected chi connectivity index (χ2v) is 17.4. The molecule has 3 aliphatic rings. The fourth-order valence-corrected chi connectivity index (χ4v) is 12.0. The normalized spacial score (nSPS) is 13.1. The van der Waals surface area contributed by atoms with Crippen LogP contribution in [0.5, 0.6) is 0 Å². The van der Waals surface area contributed by atoms with Crippen molar-refractivity contribution in [2.24, 2.45) is 0 Å². The molecule has 1 heteroatoms. The summed E-state index contributed by atoms with van der Waals surface area (Å²) in [6.45, 7) is 0. The number of nitrogens with zero attached hydrogens (tertiary/aromatic N) is 1. The van der Waals surface area contributed by atoms with Crippen LogP contribution in [0.15, 0.2) is 237 Å². The van der Waals surface area contributed by atoms with E-state index in [2.05, 4.69) is 241 Å². The Morgan fingerprint density at radius 2 is 0.672 bits per heavy atom. The van der Waals surface area contributed by atoms with Gasteiger partial charge in [0.05, 0.1) is 5.41 Å². The molecule has 0 heterocycles. The summed E-state index contributed by atoms with van der Waals surface area (Å²) in [6.07, 6.45) is 0. The third-order valence-electron chi connectivity index (χ3n) is 14.4. The van der Waals surface area contributed by atoms with Crippen LogP contribution in [0.3, 0.4) is 0 Å². The topological polar surface area (TPSA) is 3.24 Å². The molecule has 0 amide bonds. The van der Waals surface area contributed by atoms with Gasteiger partial charge < -0.3 is 4.90 Å². The zero-order valence-electron chi connectivity index (χ0n) is 35.0. The van der Waals surface area contributed by atoms with Crippen molar-refractivity contribution in [1.82, 2.24) is 0 Å². The van der Waals surface area contributed by atoms with E-state index in [-0.39, 0.29) is 0 Å². The molecule has 0 fully saturated rings. The molecule has 0 unspecified atom stereocenters. The Labute approximate surface area is 372 Å². The number of anilines is 3. The Bertz CT molecular complexity index is 3660. The molecular formula is C63H39N. The van der Waals surface area contributed by atoms with Gasteiger partial charge in [-0.3, -0.25) is 0 Å². The van der Waals surface area contributed by atoms with Crippen molar-refractivity contribution >= 4 is 38.6 Å². The Morgan fingerprint density at radius 1 is 0.250 bits per heavy atom. The van der Waals surface area contributed by atoms with Crippen molar-refractivity contribution in [2.75, 3.05) is 4.90 Å². The van der Waals surface area contributed by atoms with Crippen molar-refractivity contribution in [1.29, 1.82) is 0 Å². The van der Waals surface area contributed by atoms with Crippen LogP contribution >= 0.6 is 0 Å². The number of para-hydroxylation sites is 1. The minimum Gasteiger partial charge on any atom is -0.310 e. The Morgan fingerprint density at radius 3 is 1.30 bits per heavy atom. The van der Waals surface area contributed by atoms with Crippen molar-refractivity contribution in [3.8, 4) is 66.8 Å². The van der Waals surface area contributed by atoms with Gasteiger partial charge in [0.15, 0.2) is 0 Å². The molecule has 0 aliphatic heterocycles. The van der Waals surface area contributed by atoms with E-state index in [4.69, 9.17) is 0 Å². The number of fused-ring (bicyclic) bond motifs is 17. The summed E-state index contributed by atoms with van der Waals surface area (Å²) in [6, 6.07) is 88.3. The van der Waals surface area contributed by atoms with Gasteiger partial charge in [0.1, 0.15) is 0 Å². The van der Waals surface area contributed by atoms with Crippen molar-refractivity contribution in [3.05, 3.63) is 259 Å². The summed E-state index contributed by atoms with van der Waals surface area (Å²) in [5, 5.41) is 5.12. The van der Waals surface area contributed by atoms with Crippen molar-refractivity contribution in [3.63, 3.8) is 0 Å². The summed E-state index contributed by atoms with van der Waals surface area (Å²) in [4.78, 5) is 2.43. The second-order valence-electron chi connectivity index (χ2n) is 17.4. The van der Waals surface area contributed by atoms with Crippen LogP contribution < -0.4 is 4.90 Å². The van der Waals surface area contributed by atoms with Gasteiger partial charge in [0, 0.05) is 17.1 Å². The number of benzene rings is 11. The van der Waals surface area contributed by atoms with E-state index in [1.165, 1.54) is 111 Å². The lowest BCUT2D eigenvalue weighted by molar-refractivity contribution is 0.793. The Kier molecular flexibility index (Phi) is 7.38. The van der Waals surface area contributed by atoms with Gasteiger partial charge in [-0.1, -0.05) is 200 Å². The lowest BCUT2D eigenvalue weighted by Gasteiger charge is -2.32. The summed E-state index contributed by atoms with van der Waals surface area (Å²) >= 11 is 0. The fraction of sp³-hybridized carbons (Fsp3) is 0.0159. The zero-order valence-corrected chi connectivity index (χ0v) is 35.0. The van der Waals surface area contributed by atoms with Crippen LogP contribution in [-0.2, 0) is 5.41 Å². The molecule has 0 radical (unpaired) electrons. The number of hydrogen-bond donors (Lipinski definition) is 0. The third-order valence-corrected chi connectivity index (χ3v) is 14.4. The molecule has 3 aliphatic carbocycles. The monoisotopic (exact) mass is 809 g/mol. The maximum Gasteiger partial charge on any atom is 0.0726 e. The molecule has 0 atom stereocenters. The molecular weight excluding hydrogens is 771 g/mol. The highest BCUT2D eigenvalue weighted by atomic mass is 15.1. The van der Waals surface area contributed by atoms with Gasteiger partial charge in [-0.05, 0) is 147 Å². The predicted molar refractivity (Wildman–Crippen MR) is 268 cm³/mol. The second kappa shape index (κ2) is 13.4. The smallest absolute Gasteiger partial charge is 0.0726 e. The average Bonchev–Trinajstić information content (AvgIpc) is 3.78. The number of hydrogen-bond acceptors (Lipinski definition) is 1. The molecule has 0 saturated carbocycles. The molecule has 0 N–H and O–H groups in total. The molecule has 0 saturated heterocycles. The first kappa shape index (κ1) is 35.3. The fourth-order valence-electron chi connectivity index (χ4n) is 12.0. The highest BCUT2D eigenvalue weighted by Crippen LogP contribution is 2.63. The van der Waals surface area contributed by atoms with Crippen molar-refractivity contribution in [2.45, 2.75) is 5.41 Å². The van der Waals surface area contributed by atoms with E-state index in [0.29, 0.717) is 0 Å². The standard InChI is InChI=1S/C63H39N/c1-2-17-41(18-3-1)64(43-37-38-50-49-24-12-15-32-58(49)63(59(50)39-43)56-30-13-10-22-47(56)48-23-11-14-31-57(48)63)42-35-33-40(34-36-42)60-53-26-8-9-27-54(53)61-51-25-7-6-21-45(51)44-19-4-5-20-46(44)52-28-16-29-55(60)62(52)61/h1-39H. The molecule has 0 aromatic heterocycles. The largest absolute Gasteiger partial charge is 0.310 e. The Balaban J connectivity index is 0.975. The minimum atomic E-state index is -0.420. The van der Waals surface area contributed by atoms with Gasteiger partial charge in [-0.2, -0.15) is 0 Å². The SMILES string of the molecule is c1ccc(N(c2ccc(-c3c4ccccc4c4c5c(cccc35)-c3ccccc3-c3ccccc3-4)cc2)c2ccc3c(c2)C2(c4ccccc4-c4ccccc42)c2ccccc2-3)cc1. The molecule has 14 rings (SSSR count). The van der Waals surface area contributed by atoms with E-state index in [9.17, 15) is 0 Å². The summed E-state index contributed by atoms with van der Waals surface area (Å²) in [7, 11) is 0. The summed E-state index contributed by atoms with van der Waals surface area (Å²) in [5.74, 6) is 0. The lowest BCUT2D eigenvalue weighted by Crippen LogP contribution is -2.26. The third kappa shape index (κ3) is 4.68. The van der Waals surface area contributed by atoms with Gasteiger partial charge in [-0.25, -0.2) is 0 Å². The molecule has 1 spiro atoms. The maximum atomic E-state index is 2.48. The molecule has 0 bridgehead atoms. The van der Waals surface area contributed by atoms with Crippen LogP contribution in [0.25, 0.3) is 88.3 Å². The van der Waals surface area contributed by atoms with Gasteiger partial charge >= 0.3 is 0 Å². The quantitative estimate of drug-likeness (QED) is 0.160. The van der Waals surface area contributed by atoms with Gasteiger partial charge in [0.2, 0.25) is 0 Å². The molecule has 11 aromatic carbocycles. The van der Waals surface area contributed by atoms with Gasteiger partial charge in [0.25, 0.3) is 0 Å². The van der Waals surface area contributed by atoms with E-state index in [1.807, 2.05) is 0 Å². The van der Waals surface area contributed by atoms with E-state index in [0.717, 1.165) is 17.1 Å². The minimum absolute atomic E-state index is 0.420. The maximum absolute atomic E-state index is 2.48. The number of rotatable bonds is 4. The predicted octanol–water partition coefficient (Wildman–Crippen LogP) is 16.8.